The Bertz CT molecular complexity index is 1660. The van der Waals surface area contributed by atoms with E-state index in [1.54, 1.807) is 25.1 Å². The summed E-state index contributed by atoms with van der Waals surface area (Å²) in [6.07, 6.45) is 1.72. The molecular formula is C32H26ClNO5S. The second-order valence-electron chi connectivity index (χ2n) is 8.81. The third kappa shape index (κ3) is 6.01. The lowest BCUT2D eigenvalue weighted by Gasteiger charge is -2.14. The molecule has 0 radical (unpaired) electrons. The summed E-state index contributed by atoms with van der Waals surface area (Å²) in [6, 6.07) is 27.0. The number of carbonyl (C=O) groups excluding carboxylic acids is 1. The molecule has 0 fully saturated rings. The molecule has 0 spiro atoms. The fourth-order valence-electron chi connectivity index (χ4n) is 4.21. The summed E-state index contributed by atoms with van der Waals surface area (Å²) in [6.45, 7) is 2.19. The van der Waals surface area contributed by atoms with Gasteiger partial charge in [0.25, 0.3) is 0 Å². The molecule has 8 heteroatoms. The molecular weight excluding hydrogens is 546 g/mol. The number of rotatable bonds is 8. The van der Waals surface area contributed by atoms with Crippen molar-refractivity contribution in [3.05, 3.63) is 117 Å². The Kier molecular flexibility index (Phi) is 8.43. The Morgan fingerprint density at radius 2 is 1.75 bits per heavy atom. The van der Waals surface area contributed by atoms with Crippen molar-refractivity contribution in [3.63, 3.8) is 0 Å². The molecule has 0 unspecified atom stereocenters. The zero-order chi connectivity index (χ0) is 28.1. The Balaban J connectivity index is 1.43. The van der Waals surface area contributed by atoms with E-state index in [2.05, 4.69) is 29.3 Å². The molecule has 0 bridgehead atoms. The quantitative estimate of drug-likeness (QED) is 0.214. The van der Waals surface area contributed by atoms with E-state index in [1.807, 2.05) is 48.5 Å². The maximum atomic E-state index is 12.7. The summed E-state index contributed by atoms with van der Waals surface area (Å²) in [4.78, 5) is 17.7. The minimum Gasteiger partial charge on any atom is -0.506 e. The zero-order valence-corrected chi connectivity index (χ0v) is 23.5. The topological polar surface area (TPSA) is 77.4 Å². The molecule has 5 rings (SSSR count). The number of fused-ring (bicyclic) bond motifs is 1. The molecule has 1 N–H and O–H groups in total. The van der Waals surface area contributed by atoms with Crippen LogP contribution in [0.1, 0.15) is 18.1 Å². The summed E-state index contributed by atoms with van der Waals surface area (Å²) >= 11 is 7.81. The van der Waals surface area contributed by atoms with E-state index < -0.39 is 5.97 Å². The summed E-state index contributed by atoms with van der Waals surface area (Å²) < 4.78 is 16.9. The summed E-state index contributed by atoms with van der Waals surface area (Å²) in [5.74, 6) is 0.00994. The van der Waals surface area contributed by atoms with E-state index in [9.17, 15) is 9.90 Å². The van der Waals surface area contributed by atoms with Crippen molar-refractivity contribution in [1.82, 2.24) is 0 Å². The molecule has 0 atom stereocenters. The molecule has 4 aromatic rings. The summed E-state index contributed by atoms with van der Waals surface area (Å²) in [7, 11) is 1.54. The summed E-state index contributed by atoms with van der Waals surface area (Å²) in [5, 5.41) is 14.0. The van der Waals surface area contributed by atoms with E-state index in [1.165, 1.54) is 18.9 Å². The number of esters is 1. The first kappa shape index (κ1) is 27.4. The number of hydrogen-bond acceptors (Lipinski definition) is 7. The maximum Gasteiger partial charge on any atom is 0.344 e. The van der Waals surface area contributed by atoms with E-state index in [0.717, 1.165) is 16.3 Å². The zero-order valence-electron chi connectivity index (χ0n) is 21.9. The van der Waals surface area contributed by atoms with Gasteiger partial charge in [0.2, 0.25) is 0 Å². The van der Waals surface area contributed by atoms with Crippen molar-refractivity contribution >= 4 is 56.9 Å². The number of benzene rings is 4. The highest BCUT2D eigenvalue weighted by Gasteiger charge is 2.33. The van der Waals surface area contributed by atoms with Crippen LogP contribution in [0.5, 0.6) is 11.5 Å². The molecule has 4 aromatic carbocycles. The normalized spacial score (nSPS) is 15.2. The number of thioether (sulfide) groups is 1. The first-order chi connectivity index (χ1) is 19.5. The highest BCUT2D eigenvalue weighted by molar-refractivity contribution is 8.18. The van der Waals surface area contributed by atoms with Crippen LogP contribution < -0.4 is 9.47 Å². The lowest BCUT2D eigenvalue weighted by atomic mass is 10.1. The fraction of sp³-hybridized carbons (Fsp3) is 0.125. The van der Waals surface area contributed by atoms with Crippen molar-refractivity contribution in [3.8, 4) is 11.5 Å². The molecule has 1 aliphatic heterocycles. The first-order valence-electron chi connectivity index (χ1n) is 12.6. The highest BCUT2D eigenvalue weighted by Crippen LogP contribution is 2.42. The van der Waals surface area contributed by atoms with Crippen LogP contribution in [0.15, 0.2) is 106 Å². The van der Waals surface area contributed by atoms with Crippen LogP contribution in [0, 0.1) is 0 Å². The number of methoxy groups -OCH3 is 1. The van der Waals surface area contributed by atoms with Crippen LogP contribution in [0.4, 0.5) is 5.69 Å². The van der Waals surface area contributed by atoms with Crippen LogP contribution in [-0.2, 0) is 16.1 Å². The van der Waals surface area contributed by atoms with E-state index in [0.29, 0.717) is 44.3 Å². The molecule has 1 aliphatic rings. The molecule has 0 saturated heterocycles. The summed E-state index contributed by atoms with van der Waals surface area (Å²) in [5.41, 5.74) is 2.32. The average molecular weight is 572 g/mol. The van der Waals surface area contributed by atoms with Crippen molar-refractivity contribution in [2.75, 3.05) is 13.7 Å². The van der Waals surface area contributed by atoms with E-state index >= 15 is 0 Å². The number of aliphatic hydroxyl groups is 1. The number of aliphatic hydroxyl groups excluding tert-OH is 1. The number of para-hydroxylation sites is 1. The molecule has 0 aliphatic carbocycles. The Morgan fingerprint density at radius 3 is 2.50 bits per heavy atom. The third-order valence-corrected chi connectivity index (χ3v) is 7.40. The van der Waals surface area contributed by atoms with Gasteiger partial charge >= 0.3 is 5.97 Å². The molecule has 1 heterocycles. The standard InChI is InChI=1S/C32H26ClNO5S/c1-3-38-32(36)28-29(35)27(40-31(28)34-24-11-5-4-6-12-24)18-21-16-25(33)30(26(17-21)37-2)39-19-20-13-14-22-9-7-8-10-23(22)15-20/h4-18,35H,3,19H2,1-2H3/b27-18-,34-31?. The van der Waals surface area contributed by atoms with Gasteiger partial charge in [0.15, 0.2) is 11.5 Å². The van der Waals surface area contributed by atoms with Crippen LogP contribution >= 0.6 is 23.4 Å². The number of nitrogens with zero attached hydrogens (tertiary/aromatic N) is 1. The van der Waals surface area contributed by atoms with Gasteiger partial charge in [-0.05, 0) is 65.2 Å². The van der Waals surface area contributed by atoms with Crippen molar-refractivity contribution < 1.29 is 24.1 Å². The smallest absolute Gasteiger partial charge is 0.344 e. The monoisotopic (exact) mass is 571 g/mol. The fourth-order valence-corrected chi connectivity index (χ4v) is 5.52. The van der Waals surface area contributed by atoms with Gasteiger partial charge in [-0.15, -0.1) is 0 Å². The largest absolute Gasteiger partial charge is 0.506 e. The molecule has 40 heavy (non-hydrogen) atoms. The van der Waals surface area contributed by atoms with Crippen molar-refractivity contribution in [2.24, 2.45) is 4.99 Å². The Hall–Kier alpha value is -4.20. The lowest BCUT2D eigenvalue weighted by Crippen LogP contribution is -2.12. The second-order valence-corrected chi connectivity index (χ2v) is 10.2. The van der Waals surface area contributed by atoms with E-state index in [4.69, 9.17) is 25.8 Å². The van der Waals surface area contributed by atoms with Gasteiger partial charge in [-0.2, -0.15) is 0 Å². The predicted molar refractivity (Wildman–Crippen MR) is 162 cm³/mol. The van der Waals surface area contributed by atoms with Crippen molar-refractivity contribution in [1.29, 1.82) is 0 Å². The molecule has 202 valence electrons. The molecule has 0 saturated carbocycles. The lowest BCUT2D eigenvalue weighted by molar-refractivity contribution is -0.138. The first-order valence-corrected chi connectivity index (χ1v) is 13.8. The second kappa shape index (κ2) is 12.3. The molecule has 0 amide bonds. The minimum absolute atomic E-state index is 0.0235. The van der Waals surface area contributed by atoms with Crippen LogP contribution in [0.3, 0.4) is 0 Å². The van der Waals surface area contributed by atoms with Gasteiger partial charge < -0.3 is 19.3 Å². The van der Waals surface area contributed by atoms with Gasteiger partial charge in [0.05, 0.1) is 29.3 Å². The predicted octanol–water partition coefficient (Wildman–Crippen LogP) is 8.27. The number of carbonyl (C=O) groups is 1. The third-order valence-electron chi connectivity index (χ3n) is 6.10. The molecule has 6 nitrogen and oxygen atoms in total. The number of aliphatic imine (C=N–C) groups is 1. The van der Waals surface area contributed by atoms with Crippen LogP contribution in [0.2, 0.25) is 5.02 Å². The number of ether oxygens (including phenoxy) is 3. The highest BCUT2D eigenvalue weighted by atomic mass is 35.5. The number of halogens is 1. The van der Waals surface area contributed by atoms with Gasteiger partial charge in [0, 0.05) is 0 Å². The van der Waals surface area contributed by atoms with Crippen molar-refractivity contribution in [2.45, 2.75) is 13.5 Å². The molecule has 0 aromatic heterocycles. The minimum atomic E-state index is -0.640. The van der Waals surface area contributed by atoms with Gasteiger partial charge in [0.1, 0.15) is 23.0 Å². The van der Waals surface area contributed by atoms with Gasteiger partial charge in [-0.3, -0.25) is 0 Å². The SMILES string of the molecule is CCOC(=O)C1=C(O)/C(=C/c2cc(Cl)c(OCc3ccc4ccccc4c3)c(OC)c2)SC1=Nc1ccccc1. The average Bonchev–Trinajstić information content (AvgIpc) is 3.26. The van der Waals surface area contributed by atoms with Gasteiger partial charge in [-0.1, -0.05) is 78.0 Å². The van der Waals surface area contributed by atoms with Gasteiger partial charge in [-0.25, -0.2) is 9.79 Å². The Labute approximate surface area is 241 Å². The Morgan fingerprint density at radius 1 is 1.00 bits per heavy atom. The van der Waals surface area contributed by atoms with Crippen LogP contribution in [-0.4, -0.2) is 29.8 Å². The van der Waals surface area contributed by atoms with Crippen LogP contribution in [0.25, 0.3) is 16.8 Å². The van der Waals surface area contributed by atoms with E-state index in [-0.39, 0.29) is 17.9 Å². The number of hydrogen-bond donors (Lipinski definition) is 1. The maximum absolute atomic E-state index is 12.7.